The molecule has 0 spiro atoms. The van der Waals surface area contributed by atoms with Crippen molar-refractivity contribution in [2.75, 3.05) is 12.3 Å². The zero-order valence-electron chi connectivity index (χ0n) is 9.06. The monoisotopic (exact) mass is 249 g/mol. The summed E-state index contributed by atoms with van der Waals surface area (Å²) in [5.74, 6) is -0.936. The van der Waals surface area contributed by atoms with Gasteiger partial charge in [0.1, 0.15) is 6.04 Å². The zero-order chi connectivity index (χ0) is 12.6. The molecule has 94 valence electrons. The van der Waals surface area contributed by atoms with Crippen molar-refractivity contribution in [3.8, 4) is 0 Å². The van der Waals surface area contributed by atoms with Crippen LogP contribution in [0, 0.1) is 0 Å². The molecule has 6 nitrogen and oxygen atoms in total. The molecule has 0 radical (unpaired) electrons. The largest absolute Gasteiger partial charge is 0.480 e. The molecule has 0 bridgehead atoms. The van der Waals surface area contributed by atoms with E-state index in [1.54, 1.807) is 0 Å². The molecule has 0 unspecified atom stereocenters. The molecule has 6 N–H and O–H groups in total. The average molecular weight is 249 g/mol. The second kappa shape index (κ2) is 8.37. The third kappa shape index (κ3) is 6.65. The number of carboxylic acid groups (broad SMARTS) is 1. The summed E-state index contributed by atoms with van der Waals surface area (Å²) in [4.78, 5) is 21.6. The van der Waals surface area contributed by atoms with E-state index in [0.29, 0.717) is 31.6 Å². The zero-order valence-corrected chi connectivity index (χ0v) is 9.95. The van der Waals surface area contributed by atoms with Crippen molar-refractivity contribution in [1.82, 2.24) is 5.32 Å². The summed E-state index contributed by atoms with van der Waals surface area (Å²) in [6.07, 6.45) is 1.75. The number of rotatable bonds is 8. The topological polar surface area (TPSA) is 118 Å². The number of nitrogens with one attached hydrogen (secondary N) is 1. The first-order valence-electron chi connectivity index (χ1n) is 5.11. The standard InChI is InChI=1S/C9H19N3O3S/c10-6(9(14)15)3-1-2-4-12-8(13)7(11)5-16/h6-7,16H,1-5,10-11H2,(H,12,13)(H,14,15)/t6-,7+/m0/s1. The van der Waals surface area contributed by atoms with Gasteiger partial charge in [-0.25, -0.2) is 0 Å². The van der Waals surface area contributed by atoms with Gasteiger partial charge in [0.05, 0.1) is 6.04 Å². The number of aliphatic carboxylic acids is 1. The van der Waals surface area contributed by atoms with Crippen LogP contribution >= 0.6 is 12.6 Å². The van der Waals surface area contributed by atoms with Crippen molar-refractivity contribution in [3.05, 3.63) is 0 Å². The Kier molecular flexibility index (Phi) is 7.96. The van der Waals surface area contributed by atoms with Crippen LogP contribution in [-0.2, 0) is 9.59 Å². The predicted molar refractivity (Wildman–Crippen MR) is 64.3 cm³/mol. The van der Waals surface area contributed by atoms with E-state index in [9.17, 15) is 9.59 Å². The number of thiol groups is 1. The third-order valence-corrected chi connectivity index (χ3v) is 2.49. The summed E-state index contributed by atoms with van der Waals surface area (Å²) in [6, 6.07) is -1.42. The SMILES string of the molecule is N[C@H](CS)C(=O)NCCCC[C@H](N)C(=O)O. The summed E-state index contributed by atoms with van der Waals surface area (Å²) < 4.78 is 0. The van der Waals surface area contributed by atoms with Gasteiger partial charge < -0.3 is 21.9 Å². The van der Waals surface area contributed by atoms with Crippen LogP contribution in [0.4, 0.5) is 0 Å². The Morgan fingerprint density at radius 1 is 1.25 bits per heavy atom. The molecule has 1 amide bonds. The molecular formula is C9H19N3O3S. The highest BCUT2D eigenvalue weighted by molar-refractivity contribution is 7.80. The Bertz CT molecular complexity index is 238. The fraction of sp³-hybridized carbons (Fsp3) is 0.778. The van der Waals surface area contributed by atoms with Crippen molar-refractivity contribution in [2.45, 2.75) is 31.3 Å². The molecule has 16 heavy (non-hydrogen) atoms. The number of carbonyl (C=O) groups is 2. The van der Waals surface area contributed by atoms with Crippen LogP contribution in [0.1, 0.15) is 19.3 Å². The van der Waals surface area contributed by atoms with Crippen molar-refractivity contribution < 1.29 is 14.7 Å². The van der Waals surface area contributed by atoms with E-state index in [2.05, 4.69) is 17.9 Å². The fourth-order valence-corrected chi connectivity index (χ4v) is 1.20. The number of unbranched alkanes of at least 4 members (excludes halogenated alkanes) is 1. The van der Waals surface area contributed by atoms with E-state index in [0.717, 1.165) is 0 Å². The van der Waals surface area contributed by atoms with Crippen LogP contribution in [0.3, 0.4) is 0 Å². The number of hydrogen-bond acceptors (Lipinski definition) is 5. The molecule has 0 aliphatic heterocycles. The summed E-state index contributed by atoms with van der Waals surface area (Å²) in [7, 11) is 0. The van der Waals surface area contributed by atoms with Gasteiger partial charge in [-0.2, -0.15) is 12.6 Å². The summed E-state index contributed by atoms with van der Waals surface area (Å²) in [6.45, 7) is 0.479. The molecule has 0 saturated heterocycles. The molecule has 0 aromatic carbocycles. The van der Waals surface area contributed by atoms with Crippen molar-refractivity contribution in [1.29, 1.82) is 0 Å². The molecule has 0 saturated carbocycles. The lowest BCUT2D eigenvalue weighted by Gasteiger charge is -2.10. The van der Waals surface area contributed by atoms with Crippen molar-refractivity contribution in [2.24, 2.45) is 11.5 Å². The highest BCUT2D eigenvalue weighted by Gasteiger charge is 2.11. The molecule has 0 aromatic rings. The van der Waals surface area contributed by atoms with Gasteiger partial charge in [0.25, 0.3) is 0 Å². The van der Waals surface area contributed by atoms with E-state index in [-0.39, 0.29) is 5.91 Å². The molecule has 0 aliphatic rings. The van der Waals surface area contributed by atoms with E-state index in [1.807, 2.05) is 0 Å². The lowest BCUT2D eigenvalue weighted by Crippen LogP contribution is -2.42. The van der Waals surface area contributed by atoms with Crippen LogP contribution < -0.4 is 16.8 Å². The molecule has 0 heterocycles. The lowest BCUT2D eigenvalue weighted by molar-refractivity contribution is -0.138. The number of carbonyl (C=O) groups excluding carboxylic acids is 1. The number of hydrogen-bond donors (Lipinski definition) is 5. The van der Waals surface area contributed by atoms with Crippen LogP contribution in [-0.4, -0.2) is 41.4 Å². The van der Waals surface area contributed by atoms with E-state index < -0.39 is 18.1 Å². The molecule has 0 aliphatic carbocycles. The average Bonchev–Trinajstić information content (AvgIpc) is 2.26. The molecular weight excluding hydrogens is 230 g/mol. The van der Waals surface area contributed by atoms with E-state index in [4.69, 9.17) is 16.6 Å². The maximum atomic E-state index is 11.2. The molecule has 2 atom stereocenters. The maximum Gasteiger partial charge on any atom is 0.320 e. The number of nitrogens with two attached hydrogens (primary N) is 2. The Balaban J connectivity index is 3.47. The third-order valence-electron chi connectivity index (χ3n) is 2.09. The van der Waals surface area contributed by atoms with Crippen LogP contribution in [0.2, 0.25) is 0 Å². The first-order valence-corrected chi connectivity index (χ1v) is 5.74. The minimum absolute atomic E-state index is 0.238. The molecule has 0 rings (SSSR count). The second-order valence-corrected chi connectivity index (χ2v) is 3.89. The first-order chi connectivity index (χ1) is 7.49. The van der Waals surface area contributed by atoms with Crippen LogP contribution in [0.5, 0.6) is 0 Å². The molecule has 7 heteroatoms. The van der Waals surface area contributed by atoms with Crippen molar-refractivity contribution >= 4 is 24.5 Å². The minimum Gasteiger partial charge on any atom is -0.480 e. The van der Waals surface area contributed by atoms with Gasteiger partial charge in [0.15, 0.2) is 0 Å². The van der Waals surface area contributed by atoms with Gasteiger partial charge in [-0.05, 0) is 19.3 Å². The number of amides is 1. The van der Waals surface area contributed by atoms with E-state index in [1.165, 1.54) is 0 Å². The van der Waals surface area contributed by atoms with Crippen LogP contribution in [0.25, 0.3) is 0 Å². The van der Waals surface area contributed by atoms with E-state index >= 15 is 0 Å². The highest BCUT2D eigenvalue weighted by Crippen LogP contribution is 1.98. The van der Waals surface area contributed by atoms with Crippen LogP contribution in [0.15, 0.2) is 0 Å². The quantitative estimate of drug-likeness (QED) is 0.277. The van der Waals surface area contributed by atoms with Gasteiger partial charge in [-0.1, -0.05) is 0 Å². The van der Waals surface area contributed by atoms with Gasteiger partial charge in [0, 0.05) is 12.3 Å². The Morgan fingerprint density at radius 2 is 1.88 bits per heavy atom. The lowest BCUT2D eigenvalue weighted by atomic mass is 10.1. The fourth-order valence-electron chi connectivity index (χ4n) is 1.04. The number of carboxylic acids is 1. The predicted octanol–water partition coefficient (Wildman–Crippen LogP) is -1.06. The molecule has 0 aromatic heterocycles. The smallest absolute Gasteiger partial charge is 0.320 e. The maximum absolute atomic E-state index is 11.2. The summed E-state index contributed by atoms with van der Waals surface area (Å²) in [5.41, 5.74) is 10.7. The summed E-state index contributed by atoms with van der Waals surface area (Å²) >= 11 is 3.90. The summed E-state index contributed by atoms with van der Waals surface area (Å²) in [5, 5.41) is 11.1. The highest BCUT2D eigenvalue weighted by atomic mass is 32.1. The minimum atomic E-state index is -0.999. The van der Waals surface area contributed by atoms with Gasteiger partial charge in [0.2, 0.25) is 5.91 Å². The van der Waals surface area contributed by atoms with Gasteiger partial charge in [-0.3, -0.25) is 9.59 Å². The van der Waals surface area contributed by atoms with Gasteiger partial charge >= 0.3 is 5.97 Å². The van der Waals surface area contributed by atoms with Gasteiger partial charge in [-0.15, -0.1) is 0 Å². The van der Waals surface area contributed by atoms with Crippen molar-refractivity contribution in [3.63, 3.8) is 0 Å². The Hall–Kier alpha value is -0.790. The Labute approximate surface area is 100 Å². The molecule has 0 fully saturated rings. The first kappa shape index (κ1) is 15.2. The normalized spacial score (nSPS) is 14.2. The second-order valence-electron chi connectivity index (χ2n) is 3.52. The Morgan fingerprint density at radius 3 is 2.38 bits per heavy atom.